The van der Waals surface area contributed by atoms with Crippen LogP contribution in [0, 0.1) is 5.92 Å². The van der Waals surface area contributed by atoms with Gasteiger partial charge in [0.05, 0.1) is 19.1 Å². The minimum Gasteiger partial charge on any atom is -0.497 e. The molecule has 1 aliphatic heterocycles. The third kappa shape index (κ3) is 3.71. The van der Waals surface area contributed by atoms with E-state index in [1.54, 1.807) is 7.11 Å². The van der Waals surface area contributed by atoms with E-state index in [-0.39, 0.29) is 12.0 Å². The molecule has 1 fully saturated rings. The number of benzene rings is 2. The summed E-state index contributed by atoms with van der Waals surface area (Å²) in [5.41, 5.74) is 2.39. The normalized spacial score (nSPS) is 16.8. The first-order valence-corrected chi connectivity index (χ1v) is 9.60. The standard InChI is InChI=1S/C23H24N2O3/c1-28-21-6-4-16(5-7-21)22(25-12-9-17(10-13-25)23(26)27)19-2-3-20-15-24-11-8-18(20)14-19/h2-8,11,14-15,17,22H,9-10,12-13H2,1H3,(H,26,27). The summed E-state index contributed by atoms with van der Waals surface area (Å²) in [5, 5.41) is 11.6. The van der Waals surface area contributed by atoms with E-state index >= 15 is 0 Å². The van der Waals surface area contributed by atoms with Gasteiger partial charge in [-0.25, -0.2) is 0 Å². The number of carboxylic acids is 1. The van der Waals surface area contributed by atoms with E-state index in [0.717, 1.165) is 29.6 Å². The maximum Gasteiger partial charge on any atom is 0.306 e. The molecule has 1 atom stereocenters. The summed E-state index contributed by atoms with van der Waals surface area (Å²) in [4.78, 5) is 17.9. The summed E-state index contributed by atoms with van der Waals surface area (Å²) in [7, 11) is 1.67. The SMILES string of the molecule is COc1ccc(C(c2ccc3cnccc3c2)N2CCC(C(=O)O)CC2)cc1. The molecule has 0 saturated carbocycles. The van der Waals surface area contributed by atoms with Gasteiger partial charge in [0.2, 0.25) is 0 Å². The number of ether oxygens (including phenoxy) is 1. The number of aliphatic carboxylic acids is 1. The summed E-state index contributed by atoms with van der Waals surface area (Å²) in [6.07, 6.45) is 5.05. The zero-order valence-electron chi connectivity index (χ0n) is 15.9. The average Bonchev–Trinajstić information content (AvgIpc) is 2.75. The molecule has 1 N–H and O–H groups in total. The Bertz CT molecular complexity index is 963. The Kier molecular flexibility index (Phi) is 5.26. The highest BCUT2D eigenvalue weighted by Gasteiger charge is 2.30. The molecule has 0 amide bonds. The van der Waals surface area contributed by atoms with Crippen LogP contribution >= 0.6 is 0 Å². The van der Waals surface area contributed by atoms with Gasteiger partial charge in [-0.2, -0.15) is 0 Å². The number of nitrogens with zero attached hydrogens (tertiary/aromatic N) is 2. The number of aromatic nitrogens is 1. The van der Waals surface area contributed by atoms with E-state index in [1.807, 2.05) is 30.6 Å². The Morgan fingerprint density at radius 3 is 2.46 bits per heavy atom. The predicted octanol–water partition coefficient (Wildman–Crippen LogP) is 4.13. The van der Waals surface area contributed by atoms with Crippen LogP contribution in [-0.4, -0.2) is 41.2 Å². The fourth-order valence-electron chi connectivity index (χ4n) is 4.08. The summed E-state index contributed by atoms with van der Waals surface area (Å²) in [5.74, 6) is -0.0917. The van der Waals surface area contributed by atoms with Gasteiger partial charge in [0.1, 0.15) is 5.75 Å². The number of hydrogen-bond donors (Lipinski definition) is 1. The van der Waals surface area contributed by atoms with Crippen molar-refractivity contribution in [2.75, 3.05) is 20.2 Å². The first kappa shape index (κ1) is 18.4. The number of fused-ring (bicyclic) bond motifs is 1. The lowest BCUT2D eigenvalue weighted by Gasteiger charge is -2.37. The molecule has 144 valence electrons. The summed E-state index contributed by atoms with van der Waals surface area (Å²) < 4.78 is 5.31. The Labute approximate surface area is 164 Å². The minimum absolute atomic E-state index is 0.0817. The number of methoxy groups -OCH3 is 1. The van der Waals surface area contributed by atoms with Gasteiger partial charge in [0, 0.05) is 17.8 Å². The van der Waals surface area contributed by atoms with E-state index < -0.39 is 5.97 Å². The van der Waals surface area contributed by atoms with Crippen LogP contribution < -0.4 is 4.74 Å². The fourth-order valence-corrected chi connectivity index (χ4v) is 4.08. The number of likely N-dealkylation sites (tertiary alicyclic amines) is 1. The molecule has 4 rings (SSSR count). The molecule has 2 heterocycles. The first-order chi connectivity index (χ1) is 13.7. The molecular formula is C23H24N2O3. The van der Waals surface area contributed by atoms with Crippen LogP contribution in [0.4, 0.5) is 0 Å². The Morgan fingerprint density at radius 2 is 1.79 bits per heavy atom. The monoisotopic (exact) mass is 376 g/mol. The third-order valence-corrected chi connectivity index (χ3v) is 5.66. The number of carbonyl (C=O) groups is 1. The highest BCUT2D eigenvalue weighted by molar-refractivity contribution is 5.82. The van der Waals surface area contributed by atoms with Gasteiger partial charge >= 0.3 is 5.97 Å². The van der Waals surface area contributed by atoms with Gasteiger partial charge < -0.3 is 9.84 Å². The van der Waals surface area contributed by atoms with Crippen LogP contribution in [0.2, 0.25) is 0 Å². The van der Waals surface area contributed by atoms with E-state index in [9.17, 15) is 9.90 Å². The minimum atomic E-state index is -0.682. The van der Waals surface area contributed by atoms with Crippen LogP contribution in [0.25, 0.3) is 10.8 Å². The Balaban J connectivity index is 1.70. The molecular weight excluding hydrogens is 352 g/mol. The molecule has 1 unspecified atom stereocenters. The van der Waals surface area contributed by atoms with E-state index in [0.29, 0.717) is 12.8 Å². The highest BCUT2D eigenvalue weighted by atomic mass is 16.5. The lowest BCUT2D eigenvalue weighted by molar-refractivity contribution is -0.143. The number of hydrogen-bond acceptors (Lipinski definition) is 4. The van der Waals surface area contributed by atoms with Gasteiger partial charge in [-0.3, -0.25) is 14.7 Å². The van der Waals surface area contributed by atoms with Gasteiger partial charge in [0.25, 0.3) is 0 Å². The highest BCUT2D eigenvalue weighted by Crippen LogP contribution is 2.34. The van der Waals surface area contributed by atoms with Crippen molar-refractivity contribution in [1.82, 2.24) is 9.88 Å². The number of rotatable bonds is 5. The lowest BCUT2D eigenvalue weighted by atomic mass is 9.90. The molecule has 5 heteroatoms. The summed E-state index contributed by atoms with van der Waals surface area (Å²) in [6, 6.07) is 16.8. The van der Waals surface area contributed by atoms with E-state index in [2.05, 4.69) is 40.2 Å². The molecule has 5 nitrogen and oxygen atoms in total. The first-order valence-electron chi connectivity index (χ1n) is 9.60. The molecule has 1 aromatic heterocycles. The topological polar surface area (TPSA) is 62.7 Å². The number of pyridine rings is 1. The number of carboxylic acid groups (broad SMARTS) is 1. The largest absolute Gasteiger partial charge is 0.497 e. The summed E-state index contributed by atoms with van der Waals surface area (Å²) in [6.45, 7) is 1.53. The van der Waals surface area contributed by atoms with Gasteiger partial charge in [-0.05, 0) is 66.7 Å². The van der Waals surface area contributed by atoms with Crippen LogP contribution in [0.1, 0.15) is 30.0 Å². The second kappa shape index (κ2) is 7.98. The predicted molar refractivity (Wildman–Crippen MR) is 109 cm³/mol. The van der Waals surface area contributed by atoms with Crippen molar-refractivity contribution in [2.24, 2.45) is 5.92 Å². The quantitative estimate of drug-likeness (QED) is 0.725. The Morgan fingerprint density at radius 1 is 1.07 bits per heavy atom. The van der Waals surface area contributed by atoms with Gasteiger partial charge in [-0.1, -0.05) is 24.3 Å². The van der Waals surface area contributed by atoms with Crippen LogP contribution in [-0.2, 0) is 4.79 Å². The van der Waals surface area contributed by atoms with Crippen molar-refractivity contribution in [3.05, 3.63) is 72.1 Å². The molecule has 0 bridgehead atoms. The van der Waals surface area contributed by atoms with Crippen molar-refractivity contribution in [3.63, 3.8) is 0 Å². The molecule has 28 heavy (non-hydrogen) atoms. The molecule has 0 aliphatic carbocycles. The summed E-state index contributed by atoms with van der Waals surface area (Å²) >= 11 is 0. The van der Waals surface area contributed by atoms with Crippen LogP contribution in [0.5, 0.6) is 5.75 Å². The van der Waals surface area contributed by atoms with Crippen molar-refractivity contribution in [1.29, 1.82) is 0 Å². The number of piperidine rings is 1. The second-order valence-corrected chi connectivity index (χ2v) is 7.31. The molecule has 1 aliphatic rings. The Hall–Kier alpha value is -2.92. The van der Waals surface area contributed by atoms with Crippen molar-refractivity contribution < 1.29 is 14.6 Å². The van der Waals surface area contributed by atoms with Crippen LogP contribution in [0.15, 0.2) is 60.9 Å². The molecule has 0 radical (unpaired) electrons. The zero-order valence-corrected chi connectivity index (χ0v) is 15.9. The van der Waals surface area contributed by atoms with Gasteiger partial charge in [0.15, 0.2) is 0 Å². The molecule has 0 spiro atoms. The van der Waals surface area contributed by atoms with Crippen LogP contribution in [0.3, 0.4) is 0 Å². The fraction of sp³-hybridized carbons (Fsp3) is 0.304. The molecule has 1 saturated heterocycles. The smallest absolute Gasteiger partial charge is 0.306 e. The second-order valence-electron chi connectivity index (χ2n) is 7.31. The molecule has 3 aromatic rings. The average molecular weight is 376 g/mol. The third-order valence-electron chi connectivity index (χ3n) is 5.66. The van der Waals surface area contributed by atoms with E-state index in [4.69, 9.17) is 4.74 Å². The van der Waals surface area contributed by atoms with Gasteiger partial charge in [-0.15, -0.1) is 0 Å². The lowest BCUT2D eigenvalue weighted by Crippen LogP contribution is -2.39. The van der Waals surface area contributed by atoms with E-state index in [1.165, 1.54) is 11.1 Å². The van der Waals surface area contributed by atoms with Crippen molar-refractivity contribution in [3.8, 4) is 5.75 Å². The maximum absolute atomic E-state index is 11.3. The van der Waals surface area contributed by atoms with Crippen molar-refractivity contribution in [2.45, 2.75) is 18.9 Å². The molecule has 2 aromatic carbocycles. The zero-order chi connectivity index (χ0) is 19.5. The van der Waals surface area contributed by atoms with Crippen molar-refractivity contribution >= 4 is 16.7 Å². The maximum atomic E-state index is 11.3.